The van der Waals surface area contributed by atoms with Crippen LogP contribution < -0.4 is 5.32 Å². The summed E-state index contributed by atoms with van der Waals surface area (Å²) in [5.74, 6) is 0.431. The Hall–Kier alpha value is -0.610. The van der Waals surface area contributed by atoms with E-state index in [0.29, 0.717) is 18.6 Å². The Bertz CT molecular complexity index is 233. The molecule has 2 saturated heterocycles. The van der Waals surface area contributed by atoms with Crippen molar-refractivity contribution in [2.45, 2.75) is 32.2 Å². The molecule has 0 aromatic heterocycles. The standard InChI is InChI=1S/C12H22N2O2/c1-2-6-14(11-3-5-13-8-11)12(15)10-4-7-16-9-10/h10-11,13H,2-9H2,1H3. The summed E-state index contributed by atoms with van der Waals surface area (Å²) in [6.45, 7) is 6.40. The van der Waals surface area contributed by atoms with E-state index >= 15 is 0 Å². The van der Waals surface area contributed by atoms with E-state index in [1.54, 1.807) is 0 Å². The number of hydrogen-bond donors (Lipinski definition) is 1. The molecule has 2 heterocycles. The zero-order valence-corrected chi connectivity index (χ0v) is 10.1. The van der Waals surface area contributed by atoms with Gasteiger partial charge in [-0.15, -0.1) is 0 Å². The highest BCUT2D eigenvalue weighted by Gasteiger charge is 2.32. The molecule has 92 valence electrons. The van der Waals surface area contributed by atoms with Crippen LogP contribution in [0.1, 0.15) is 26.2 Å². The summed E-state index contributed by atoms with van der Waals surface area (Å²) < 4.78 is 5.31. The predicted octanol–water partition coefficient (Wildman–Crippen LogP) is 0.623. The fourth-order valence-corrected chi connectivity index (χ4v) is 2.58. The normalized spacial score (nSPS) is 29.6. The molecular weight excluding hydrogens is 204 g/mol. The molecule has 4 nitrogen and oxygen atoms in total. The van der Waals surface area contributed by atoms with Crippen LogP contribution in [0.15, 0.2) is 0 Å². The maximum atomic E-state index is 12.3. The Morgan fingerprint density at radius 3 is 2.94 bits per heavy atom. The fourth-order valence-electron chi connectivity index (χ4n) is 2.58. The number of hydrogen-bond acceptors (Lipinski definition) is 3. The molecule has 1 amide bonds. The van der Waals surface area contributed by atoms with Gasteiger partial charge < -0.3 is 15.0 Å². The van der Waals surface area contributed by atoms with Gasteiger partial charge in [0, 0.05) is 25.7 Å². The lowest BCUT2D eigenvalue weighted by Crippen LogP contribution is -2.45. The van der Waals surface area contributed by atoms with Crippen molar-refractivity contribution in [3.05, 3.63) is 0 Å². The number of carbonyl (C=O) groups is 1. The molecule has 2 aliphatic rings. The Balaban J connectivity index is 1.96. The Kier molecular flexibility index (Phi) is 4.18. The number of amides is 1. The summed E-state index contributed by atoms with van der Waals surface area (Å²) in [7, 11) is 0. The van der Waals surface area contributed by atoms with Crippen molar-refractivity contribution < 1.29 is 9.53 Å². The lowest BCUT2D eigenvalue weighted by atomic mass is 10.1. The van der Waals surface area contributed by atoms with Gasteiger partial charge >= 0.3 is 0 Å². The van der Waals surface area contributed by atoms with Crippen LogP contribution in [0, 0.1) is 5.92 Å². The lowest BCUT2D eigenvalue weighted by molar-refractivity contribution is -0.137. The monoisotopic (exact) mass is 226 g/mol. The molecule has 2 rings (SSSR count). The molecule has 2 aliphatic heterocycles. The second-order valence-corrected chi connectivity index (χ2v) is 4.74. The van der Waals surface area contributed by atoms with Crippen LogP contribution in [0.5, 0.6) is 0 Å². The average molecular weight is 226 g/mol. The minimum atomic E-state index is 0.118. The van der Waals surface area contributed by atoms with E-state index in [0.717, 1.165) is 45.5 Å². The van der Waals surface area contributed by atoms with Crippen LogP contribution in [0.3, 0.4) is 0 Å². The van der Waals surface area contributed by atoms with Crippen molar-refractivity contribution in [1.82, 2.24) is 10.2 Å². The summed E-state index contributed by atoms with van der Waals surface area (Å²) in [4.78, 5) is 14.4. The SMILES string of the molecule is CCCN(C(=O)C1CCOC1)C1CCNC1. The van der Waals surface area contributed by atoms with Gasteiger partial charge in [0.25, 0.3) is 0 Å². The minimum Gasteiger partial charge on any atom is -0.381 e. The zero-order chi connectivity index (χ0) is 11.4. The van der Waals surface area contributed by atoms with Gasteiger partial charge in [-0.2, -0.15) is 0 Å². The largest absolute Gasteiger partial charge is 0.381 e. The van der Waals surface area contributed by atoms with Crippen molar-refractivity contribution in [3.8, 4) is 0 Å². The first kappa shape index (κ1) is 11.9. The molecule has 0 aromatic carbocycles. The van der Waals surface area contributed by atoms with E-state index in [-0.39, 0.29) is 5.92 Å². The molecule has 0 bridgehead atoms. The van der Waals surface area contributed by atoms with Crippen molar-refractivity contribution >= 4 is 5.91 Å². The third-order valence-corrected chi connectivity index (χ3v) is 3.50. The molecule has 4 heteroatoms. The Morgan fingerprint density at radius 1 is 1.50 bits per heavy atom. The van der Waals surface area contributed by atoms with Gasteiger partial charge in [-0.25, -0.2) is 0 Å². The quantitative estimate of drug-likeness (QED) is 0.764. The molecule has 2 fully saturated rings. The number of rotatable bonds is 4. The Labute approximate surface area is 97.3 Å². The topological polar surface area (TPSA) is 41.6 Å². The first-order chi connectivity index (χ1) is 7.83. The third kappa shape index (κ3) is 2.55. The molecule has 0 saturated carbocycles. The van der Waals surface area contributed by atoms with Gasteiger partial charge in [0.2, 0.25) is 5.91 Å². The second-order valence-electron chi connectivity index (χ2n) is 4.74. The molecule has 0 aliphatic carbocycles. The van der Waals surface area contributed by atoms with E-state index in [2.05, 4.69) is 17.1 Å². The Morgan fingerprint density at radius 2 is 2.38 bits per heavy atom. The first-order valence-corrected chi connectivity index (χ1v) is 6.42. The predicted molar refractivity (Wildman–Crippen MR) is 62.2 cm³/mol. The molecule has 16 heavy (non-hydrogen) atoms. The molecule has 0 radical (unpaired) electrons. The minimum absolute atomic E-state index is 0.118. The van der Waals surface area contributed by atoms with Gasteiger partial charge in [-0.05, 0) is 25.8 Å². The van der Waals surface area contributed by atoms with Gasteiger partial charge in [-0.3, -0.25) is 4.79 Å². The van der Waals surface area contributed by atoms with Crippen LogP contribution in [0.25, 0.3) is 0 Å². The van der Waals surface area contributed by atoms with Crippen molar-refractivity contribution in [2.75, 3.05) is 32.8 Å². The van der Waals surface area contributed by atoms with E-state index in [4.69, 9.17) is 4.74 Å². The molecule has 2 unspecified atom stereocenters. The lowest BCUT2D eigenvalue weighted by Gasteiger charge is -2.30. The highest BCUT2D eigenvalue weighted by molar-refractivity contribution is 5.79. The zero-order valence-electron chi connectivity index (χ0n) is 10.1. The van der Waals surface area contributed by atoms with Crippen LogP contribution in [-0.4, -0.2) is 49.7 Å². The van der Waals surface area contributed by atoms with Crippen molar-refractivity contribution in [2.24, 2.45) is 5.92 Å². The third-order valence-electron chi connectivity index (χ3n) is 3.50. The van der Waals surface area contributed by atoms with Crippen LogP contribution in [-0.2, 0) is 9.53 Å². The van der Waals surface area contributed by atoms with Crippen LogP contribution in [0.4, 0.5) is 0 Å². The molecule has 1 N–H and O–H groups in total. The van der Waals surface area contributed by atoms with Crippen molar-refractivity contribution in [1.29, 1.82) is 0 Å². The summed E-state index contributed by atoms with van der Waals surface area (Å²) in [5.41, 5.74) is 0. The summed E-state index contributed by atoms with van der Waals surface area (Å²) in [6, 6.07) is 0.410. The first-order valence-electron chi connectivity index (χ1n) is 6.42. The van der Waals surface area contributed by atoms with Gasteiger partial charge in [0.15, 0.2) is 0 Å². The number of nitrogens with zero attached hydrogens (tertiary/aromatic N) is 1. The number of ether oxygens (including phenoxy) is 1. The van der Waals surface area contributed by atoms with E-state index in [9.17, 15) is 4.79 Å². The number of nitrogens with one attached hydrogen (secondary N) is 1. The second kappa shape index (κ2) is 5.64. The highest BCUT2D eigenvalue weighted by Crippen LogP contribution is 2.19. The van der Waals surface area contributed by atoms with E-state index in [1.807, 2.05) is 0 Å². The van der Waals surface area contributed by atoms with Crippen LogP contribution in [0.2, 0.25) is 0 Å². The molecular formula is C12H22N2O2. The van der Waals surface area contributed by atoms with Crippen molar-refractivity contribution in [3.63, 3.8) is 0 Å². The molecule has 2 atom stereocenters. The smallest absolute Gasteiger partial charge is 0.228 e. The van der Waals surface area contributed by atoms with Gasteiger partial charge in [0.05, 0.1) is 12.5 Å². The number of carbonyl (C=O) groups excluding carboxylic acids is 1. The summed E-state index contributed by atoms with van der Waals surface area (Å²) in [6.07, 6.45) is 3.04. The summed E-state index contributed by atoms with van der Waals surface area (Å²) in [5, 5.41) is 3.33. The molecule has 0 spiro atoms. The highest BCUT2D eigenvalue weighted by atomic mass is 16.5. The van der Waals surface area contributed by atoms with Gasteiger partial charge in [-0.1, -0.05) is 6.92 Å². The average Bonchev–Trinajstić information content (AvgIpc) is 2.96. The van der Waals surface area contributed by atoms with E-state index in [1.165, 1.54) is 0 Å². The summed E-state index contributed by atoms with van der Waals surface area (Å²) >= 11 is 0. The maximum Gasteiger partial charge on any atom is 0.228 e. The maximum absolute atomic E-state index is 12.3. The van der Waals surface area contributed by atoms with Crippen LogP contribution >= 0.6 is 0 Å². The molecule has 0 aromatic rings. The van der Waals surface area contributed by atoms with E-state index < -0.39 is 0 Å². The fraction of sp³-hybridized carbons (Fsp3) is 0.917. The van der Waals surface area contributed by atoms with Gasteiger partial charge in [0.1, 0.15) is 0 Å².